The van der Waals surface area contributed by atoms with Gasteiger partial charge in [-0.2, -0.15) is 5.21 Å². The molecule has 2 amide bonds. The molecule has 9 nitrogen and oxygen atoms in total. The van der Waals surface area contributed by atoms with E-state index in [0.717, 1.165) is 17.7 Å². The van der Waals surface area contributed by atoms with Gasteiger partial charge in [-0.25, -0.2) is 0 Å². The van der Waals surface area contributed by atoms with E-state index in [1.807, 2.05) is 38.1 Å². The molecule has 2 aromatic rings. The molecule has 9 heteroatoms. The van der Waals surface area contributed by atoms with Gasteiger partial charge in [0.1, 0.15) is 0 Å². The lowest BCUT2D eigenvalue weighted by Gasteiger charge is -2.37. The summed E-state index contributed by atoms with van der Waals surface area (Å²) < 4.78 is 0. The van der Waals surface area contributed by atoms with Gasteiger partial charge in [0.05, 0.1) is 12.5 Å². The first-order chi connectivity index (χ1) is 12.5. The molecule has 0 spiro atoms. The van der Waals surface area contributed by atoms with Gasteiger partial charge in [-0.15, -0.1) is 10.2 Å². The Balaban J connectivity index is 1.58. The number of carbonyl (C=O) groups excluding carboxylic acids is 2. The monoisotopic (exact) mass is 357 g/mol. The average Bonchev–Trinajstić information content (AvgIpc) is 3.16. The number of aromatic amines is 1. The lowest BCUT2D eigenvalue weighted by Crippen LogP contribution is -2.58. The van der Waals surface area contributed by atoms with Gasteiger partial charge in [-0.1, -0.05) is 18.2 Å². The quantitative estimate of drug-likeness (QED) is 0.674. The molecule has 1 aliphatic heterocycles. The molecule has 3 rings (SSSR count). The Morgan fingerprint density at radius 3 is 3.00 bits per heavy atom. The number of hydrogen-bond donors (Lipinski definition) is 3. The number of nitrogens with zero attached hydrogens (tertiary/aromatic N) is 4. The van der Waals surface area contributed by atoms with E-state index < -0.39 is 6.04 Å². The van der Waals surface area contributed by atoms with Crippen molar-refractivity contribution in [3.8, 4) is 11.4 Å². The Hall–Kier alpha value is -2.81. The fourth-order valence-corrected chi connectivity index (χ4v) is 3.11. The van der Waals surface area contributed by atoms with Gasteiger partial charge in [-0.05, 0) is 30.7 Å². The molecule has 138 valence electrons. The summed E-state index contributed by atoms with van der Waals surface area (Å²) in [4.78, 5) is 26.6. The van der Waals surface area contributed by atoms with Crippen LogP contribution in [-0.4, -0.2) is 62.5 Å². The Morgan fingerprint density at radius 1 is 1.42 bits per heavy atom. The van der Waals surface area contributed by atoms with Crippen LogP contribution in [0.15, 0.2) is 24.3 Å². The highest BCUT2D eigenvalue weighted by atomic mass is 16.2. The maximum Gasteiger partial charge on any atom is 0.237 e. The van der Waals surface area contributed by atoms with E-state index in [1.165, 1.54) is 0 Å². The van der Waals surface area contributed by atoms with E-state index in [2.05, 4.69) is 36.2 Å². The van der Waals surface area contributed by atoms with Gasteiger partial charge in [-0.3, -0.25) is 14.5 Å². The first-order valence-electron chi connectivity index (χ1n) is 8.67. The molecular formula is C17H23N7O2. The summed E-state index contributed by atoms with van der Waals surface area (Å²) in [6.45, 7) is 5.83. The van der Waals surface area contributed by atoms with Gasteiger partial charge in [0.25, 0.3) is 0 Å². The van der Waals surface area contributed by atoms with Gasteiger partial charge >= 0.3 is 0 Å². The normalized spacial score (nSPS) is 18.0. The summed E-state index contributed by atoms with van der Waals surface area (Å²) >= 11 is 0. The molecule has 0 saturated carbocycles. The predicted octanol–water partition coefficient (Wildman–Crippen LogP) is 0.0818. The van der Waals surface area contributed by atoms with Crippen molar-refractivity contribution in [2.45, 2.75) is 38.9 Å². The Labute approximate surface area is 151 Å². The van der Waals surface area contributed by atoms with Crippen LogP contribution >= 0.6 is 0 Å². The number of benzene rings is 1. The number of carbonyl (C=O) groups is 2. The van der Waals surface area contributed by atoms with Gasteiger partial charge in [0, 0.05) is 31.2 Å². The summed E-state index contributed by atoms with van der Waals surface area (Å²) in [7, 11) is 0. The number of piperazine rings is 1. The van der Waals surface area contributed by atoms with Crippen molar-refractivity contribution in [1.82, 2.24) is 36.2 Å². The number of tetrazole rings is 1. The van der Waals surface area contributed by atoms with Gasteiger partial charge < -0.3 is 10.6 Å². The molecule has 26 heavy (non-hydrogen) atoms. The van der Waals surface area contributed by atoms with Gasteiger partial charge in [0.15, 0.2) is 0 Å². The minimum Gasteiger partial charge on any atom is -0.353 e. The minimum atomic E-state index is -0.422. The highest BCUT2D eigenvalue weighted by Gasteiger charge is 2.32. The summed E-state index contributed by atoms with van der Waals surface area (Å²) in [5.41, 5.74) is 1.75. The first kappa shape index (κ1) is 18.0. The molecule has 1 fully saturated rings. The van der Waals surface area contributed by atoms with Crippen molar-refractivity contribution in [3.05, 3.63) is 29.8 Å². The second kappa shape index (κ2) is 8.05. The van der Waals surface area contributed by atoms with Crippen LogP contribution in [0.2, 0.25) is 0 Å². The molecule has 1 atom stereocenters. The third-order valence-electron chi connectivity index (χ3n) is 4.43. The molecule has 1 aromatic carbocycles. The molecule has 2 heterocycles. The number of nitrogens with one attached hydrogen (secondary N) is 3. The summed E-state index contributed by atoms with van der Waals surface area (Å²) in [6, 6.07) is 7.36. The zero-order valence-corrected chi connectivity index (χ0v) is 14.9. The summed E-state index contributed by atoms with van der Waals surface area (Å²) in [6.07, 6.45) is 0.147. The minimum absolute atomic E-state index is 0.0841. The van der Waals surface area contributed by atoms with Crippen molar-refractivity contribution in [1.29, 1.82) is 0 Å². The molecule has 1 saturated heterocycles. The fourth-order valence-electron chi connectivity index (χ4n) is 3.11. The van der Waals surface area contributed by atoms with E-state index in [9.17, 15) is 9.59 Å². The highest BCUT2D eigenvalue weighted by molar-refractivity contribution is 5.88. The van der Waals surface area contributed by atoms with Crippen LogP contribution in [0.1, 0.15) is 25.8 Å². The summed E-state index contributed by atoms with van der Waals surface area (Å²) in [5.74, 6) is 0.270. The second-order valence-corrected chi connectivity index (χ2v) is 6.56. The largest absolute Gasteiger partial charge is 0.353 e. The van der Waals surface area contributed by atoms with Crippen LogP contribution < -0.4 is 10.6 Å². The van der Waals surface area contributed by atoms with E-state index in [4.69, 9.17) is 0 Å². The third-order valence-corrected chi connectivity index (χ3v) is 4.43. The molecule has 1 aromatic heterocycles. The van der Waals surface area contributed by atoms with Crippen LogP contribution in [0.5, 0.6) is 0 Å². The summed E-state index contributed by atoms with van der Waals surface area (Å²) in [5, 5.41) is 19.6. The molecule has 0 radical (unpaired) electrons. The smallest absolute Gasteiger partial charge is 0.237 e. The van der Waals surface area contributed by atoms with Crippen molar-refractivity contribution in [3.63, 3.8) is 0 Å². The maximum atomic E-state index is 12.4. The SMILES string of the molecule is CC(C)N1CCNC(=O)C1CC(=O)NCc1cccc(-c2nn[nH]n2)c1. The number of amides is 2. The van der Waals surface area contributed by atoms with Crippen LogP contribution in [0.3, 0.4) is 0 Å². The molecule has 3 N–H and O–H groups in total. The first-order valence-corrected chi connectivity index (χ1v) is 8.67. The number of H-pyrrole nitrogens is 1. The third kappa shape index (κ3) is 4.23. The number of hydrogen-bond acceptors (Lipinski definition) is 6. The van der Waals surface area contributed by atoms with Crippen LogP contribution in [0.4, 0.5) is 0 Å². The predicted molar refractivity (Wildman–Crippen MR) is 94.7 cm³/mol. The Bertz CT molecular complexity index is 760. The molecule has 1 unspecified atom stereocenters. The van der Waals surface area contributed by atoms with E-state index >= 15 is 0 Å². The lowest BCUT2D eigenvalue weighted by molar-refractivity contribution is -0.134. The average molecular weight is 357 g/mol. The molecular weight excluding hydrogens is 334 g/mol. The van der Waals surface area contributed by atoms with Crippen LogP contribution in [0, 0.1) is 0 Å². The van der Waals surface area contributed by atoms with E-state index in [-0.39, 0.29) is 24.3 Å². The molecule has 0 bridgehead atoms. The number of rotatable bonds is 6. The zero-order chi connectivity index (χ0) is 18.5. The van der Waals surface area contributed by atoms with Crippen molar-refractivity contribution < 1.29 is 9.59 Å². The van der Waals surface area contributed by atoms with Crippen molar-refractivity contribution in [2.75, 3.05) is 13.1 Å². The number of aromatic nitrogens is 4. The van der Waals surface area contributed by atoms with Crippen LogP contribution in [0.25, 0.3) is 11.4 Å². The standard InChI is InChI=1S/C17H23N7O2/c1-11(2)24-7-6-18-17(26)14(24)9-15(25)19-10-12-4-3-5-13(8-12)16-20-22-23-21-16/h3-5,8,11,14H,6-7,9-10H2,1-2H3,(H,18,26)(H,19,25)(H,20,21,22,23). The molecule has 0 aliphatic carbocycles. The van der Waals surface area contributed by atoms with Gasteiger partial charge in [0.2, 0.25) is 17.6 Å². The van der Waals surface area contributed by atoms with E-state index in [0.29, 0.717) is 18.9 Å². The second-order valence-electron chi connectivity index (χ2n) is 6.56. The lowest BCUT2D eigenvalue weighted by atomic mass is 10.1. The fraction of sp³-hybridized carbons (Fsp3) is 0.471. The van der Waals surface area contributed by atoms with Crippen LogP contribution in [-0.2, 0) is 16.1 Å². The Morgan fingerprint density at radius 2 is 2.27 bits per heavy atom. The topological polar surface area (TPSA) is 116 Å². The van der Waals surface area contributed by atoms with E-state index in [1.54, 1.807) is 0 Å². The Kier molecular flexibility index (Phi) is 5.57. The van der Waals surface area contributed by atoms with Crippen molar-refractivity contribution in [2.24, 2.45) is 0 Å². The maximum absolute atomic E-state index is 12.4. The molecule has 1 aliphatic rings. The van der Waals surface area contributed by atoms with Crippen molar-refractivity contribution >= 4 is 11.8 Å². The highest BCUT2D eigenvalue weighted by Crippen LogP contribution is 2.15. The zero-order valence-electron chi connectivity index (χ0n) is 14.9.